The first-order valence-electron chi connectivity index (χ1n) is 7.43. The Balaban J connectivity index is 1.82. The van der Waals surface area contributed by atoms with Gasteiger partial charge in [-0.05, 0) is 30.0 Å². The highest BCUT2D eigenvalue weighted by atomic mass is 15.1. The average Bonchev–Trinajstić information content (AvgIpc) is 2.97. The van der Waals surface area contributed by atoms with Gasteiger partial charge in [-0.1, -0.05) is 50.2 Å². The van der Waals surface area contributed by atoms with E-state index in [1.165, 1.54) is 11.1 Å². The molecule has 1 atom stereocenters. The van der Waals surface area contributed by atoms with E-state index in [-0.39, 0.29) is 6.04 Å². The summed E-state index contributed by atoms with van der Waals surface area (Å²) in [5.74, 6) is 0.570. The van der Waals surface area contributed by atoms with Crippen molar-refractivity contribution in [2.45, 2.75) is 32.7 Å². The van der Waals surface area contributed by atoms with Crippen molar-refractivity contribution in [1.29, 1.82) is 0 Å². The summed E-state index contributed by atoms with van der Waals surface area (Å²) in [6.07, 6.45) is 1.85. The fourth-order valence-electron chi connectivity index (χ4n) is 2.58. The second kappa shape index (κ2) is 5.60. The third-order valence-electron chi connectivity index (χ3n) is 3.95. The maximum atomic E-state index is 4.11. The van der Waals surface area contributed by atoms with Crippen LogP contribution in [0.4, 0.5) is 5.69 Å². The predicted molar refractivity (Wildman–Crippen MR) is 88.7 cm³/mol. The first kappa shape index (κ1) is 13.7. The van der Waals surface area contributed by atoms with Gasteiger partial charge in [-0.3, -0.25) is 5.10 Å². The molecule has 3 heteroatoms. The number of hydrogen-bond donors (Lipinski definition) is 2. The van der Waals surface area contributed by atoms with Gasteiger partial charge in [0.1, 0.15) is 0 Å². The zero-order valence-corrected chi connectivity index (χ0v) is 12.7. The van der Waals surface area contributed by atoms with Crippen molar-refractivity contribution in [2.75, 3.05) is 5.32 Å². The highest BCUT2D eigenvalue weighted by Crippen LogP contribution is 2.26. The molecule has 0 bridgehead atoms. The number of nitrogens with one attached hydrogen (secondary N) is 2. The van der Waals surface area contributed by atoms with E-state index in [9.17, 15) is 0 Å². The molecule has 1 unspecified atom stereocenters. The summed E-state index contributed by atoms with van der Waals surface area (Å²) in [6.45, 7) is 6.62. The number of H-pyrrole nitrogens is 1. The minimum atomic E-state index is 0.250. The van der Waals surface area contributed by atoms with Crippen LogP contribution in [0.1, 0.15) is 43.9 Å². The average molecular weight is 279 g/mol. The normalized spacial score (nSPS) is 12.8. The van der Waals surface area contributed by atoms with Crippen molar-refractivity contribution in [3.8, 4) is 0 Å². The van der Waals surface area contributed by atoms with Crippen LogP contribution >= 0.6 is 0 Å². The Kier molecular flexibility index (Phi) is 3.65. The number of benzene rings is 2. The lowest BCUT2D eigenvalue weighted by Crippen LogP contribution is -2.07. The zero-order valence-electron chi connectivity index (χ0n) is 12.7. The molecular weight excluding hydrogens is 258 g/mol. The molecule has 0 aliphatic heterocycles. The molecule has 0 saturated heterocycles. The quantitative estimate of drug-likeness (QED) is 0.716. The summed E-state index contributed by atoms with van der Waals surface area (Å²) in [6, 6.07) is 15.3. The first-order chi connectivity index (χ1) is 10.1. The van der Waals surface area contributed by atoms with Crippen LogP contribution in [0.25, 0.3) is 10.9 Å². The van der Waals surface area contributed by atoms with Crippen LogP contribution in [-0.4, -0.2) is 10.2 Å². The van der Waals surface area contributed by atoms with Crippen molar-refractivity contribution in [3.05, 3.63) is 59.8 Å². The molecule has 0 aliphatic rings. The maximum Gasteiger partial charge on any atom is 0.0881 e. The largest absolute Gasteiger partial charge is 0.377 e. The van der Waals surface area contributed by atoms with Crippen LogP contribution in [0, 0.1) is 0 Å². The van der Waals surface area contributed by atoms with Gasteiger partial charge in [0.15, 0.2) is 0 Å². The van der Waals surface area contributed by atoms with Gasteiger partial charge in [0, 0.05) is 11.4 Å². The van der Waals surface area contributed by atoms with Gasteiger partial charge in [0.25, 0.3) is 0 Å². The number of rotatable bonds is 4. The molecule has 21 heavy (non-hydrogen) atoms. The molecule has 2 aromatic carbocycles. The van der Waals surface area contributed by atoms with Crippen molar-refractivity contribution < 1.29 is 0 Å². The van der Waals surface area contributed by atoms with E-state index < -0.39 is 0 Å². The third-order valence-corrected chi connectivity index (χ3v) is 3.95. The molecule has 1 heterocycles. The van der Waals surface area contributed by atoms with E-state index in [4.69, 9.17) is 0 Å². The number of aromatic nitrogens is 2. The van der Waals surface area contributed by atoms with Crippen LogP contribution in [0.5, 0.6) is 0 Å². The lowest BCUT2D eigenvalue weighted by Gasteiger charge is -2.17. The molecule has 0 amide bonds. The first-order valence-corrected chi connectivity index (χ1v) is 7.43. The van der Waals surface area contributed by atoms with Gasteiger partial charge in [0.2, 0.25) is 0 Å². The van der Waals surface area contributed by atoms with Gasteiger partial charge in [-0.15, -0.1) is 0 Å². The lowest BCUT2D eigenvalue weighted by atomic mass is 9.99. The molecule has 3 rings (SSSR count). The number of anilines is 1. The highest BCUT2D eigenvalue weighted by Gasteiger charge is 2.09. The Morgan fingerprint density at radius 2 is 1.67 bits per heavy atom. The van der Waals surface area contributed by atoms with Crippen molar-refractivity contribution in [3.63, 3.8) is 0 Å². The molecule has 0 fully saturated rings. The van der Waals surface area contributed by atoms with Crippen LogP contribution in [0.15, 0.2) is 48.7 Å². The summed E-state index contributed by atoms with van der Waals surface area (Å²) < 4.78 is 0. The molecule has 1 aromatic heterocycles. The van der Waals surface area contributed by atoms with Crippen molar-refractivity contribution in [1.82, 2.24) is 10.2 Å². The second-order valence-electron chi connectivity index (χ2n) is 5.83. The minimum absolute atomic E-state index is 0.250. The number of fused-ring (bicyclic) bond motifs is 1. The monoisotopic (exact) mass is 279 g/mol. The third kappa shape index (κ3) is 2.77. The maximum absolute atomic E-state index is 4.11. The lowest BCUT2D eigenvalue weighted by molar-refractivity contribution is 0.852. The van der Waals surface area contributed by atoms with E-state index in [1.807, 2.05) is 6.20 Å². The number of para-hydroxylation sites is 1. The molecule has 2 N–H and O–H groups in total. The van der Waals surface area contributed by atoms with Crippen molar-refractivity contribution in [2.24, 2.45) is 0 Å². The summed E-state index contributed by atoms with van der Waals surface area (Å²) in [5.41, 5.74) is 4.81. The smallest absolute Gasteiger partial charge is 0.0881 e. The Labute approximate surface area is 125 Å². The Morgan fingerprint density at radius 1 is 0.952 bits per heavy atom. The standard InChI is InChI=1S/C18H21N3/c1-12(2)14-7-9-15(10-8-14)13(3)20-17-6-4-5-16-11-19-21-18(16)17/h4-13,20H,1-3H3,(H,19,21). The topological polar surface area (TPSA) is 40.7 Å². The van der Waals surface area contributed by atoms with Crippen LogP contribution in [0.2, 0.25) is 0 Å². The molecule has 0 aliphatic carbocycles. The van der Waals surface area contributed by atoms with Gasteiger partial charge in [-0.2, -0.15) is 5.10 Å². The van der Waals surface area contributed by atoms with E-state index in [0.717, 1.165) is 16.6 Å². The van der Waals surface area contributed by atoms with E-state index in [0.29, 0.717) is 5.92 Å². The Bertz CT molecular complexity index is 726. The van der Waals surface area contributed by atoms with Gasteiger partial charge in [0.05, 0.1) is 17.4 Å². The Morgan fingerprint density at radius 3 is 2.38 bits per heavy atom. The highest BCUT2D eigenvalue weighted by molar-refractivity contribution is 5.90. The molecule has 3 nitrogen and oxygen atoms in total. The van der Waals surface area contributed by atoms with Gasteiger partial charge < -0.3 is 5.32 Å². The van der Waals surface area contributed by atoms with Crippen LogP contribution in [0.3, 0.4) is 0 Å². The van der Waals surface area contributed by atoms with E-state index in [2.05, 4.69) is 78.7 Å². The molecule has 108 valence electrons. The molecular formula is C18H21N3. The van der Waals surface area contributed by atoms with E-state index >= 15 is 0 Å². The fraction of sp³-hybridized carbons (Fsp3) is 0.278. The number of aromatic amines is 1. The second-order valence-corrected chi connectivity index (χ2v) is 5.83. The van der Waals surface area contributed by atoms with Gasteiger partial charge >= 0.3 is 0 Å². The molecule has 3 aromatic rings. The summed E-state index contributed by atoms with van der Waals surface area (Å²) in [7, 11) is 0. The minimum Gasteiger partial charge on any atom is -0.377 e. The summed E-state index contributed by atoms with van der Waals surface area (Å²) >= 11 is 0. The number of hydrogen-bond acceptors (Lipinski definition) is 2. The SMILES string of the molecule is CC(C)c1ccc(C(C)Nc2cccc3cn[nH]c23)cc1. The molecule has 0 saturated carbocycles. The fourth-order valence-corrected chi connectivity index (χ4v) is 2.58. The van der Waals surface area contributed by atoms with Gasteiger partial charge in [-0.25, -0.2) is 0 Å². The summed E-state index contributed by atoms with van der Waals surface area (Å²) in [4.78, 5) is 0. The molecule has 0 spiro atoms. The number of nitrogens with zero attached hydrogens (tertiary/aromatic N) is 1. The van der Waals surface area contributed by atoms with E-state index in [1.54, 1.807) is 0 Å². The predicted octanol–water partition coefficient (Wildman–Crippen LogP) is 4.86. The van der Waals surface area contributed by atoms with Crippen LogP contribution in [-0.2, 0) is 0 Å². The van der Waals surface area contributed by atoms with Crippen LogP contribution < -0.4 is 5.32 Å². The zero-order chi connectivity index (χ0) is 14.8. The summed E-state index contributed by atoms with van der Waals surface area (Å²) in [5, 5.41) is 11.9. The van der Waals surface area contributed by atoms with Crippen molar-refractivity contribution >= 4 is 16.6 Å². The molecule has 0 radical (unpaired) electrons. The Hall–Kier alpha value is -2.29.